The summed E-state index contributed by atoms with van der Waals surface area (Å²) < 4.78 is 21.1. The van der Waals surface area contributed by atoms with Gasteiger partial charge in [0.2, 0.25) is 5.91 Å². The fourth-order valence-electron chi connectivity index (χ4n) is 5.17. The van der Waals surface area contributed by atoms with Crippen LogP contribution in [-0.2, 0) is 9.59 Å². The van der Waals surface area contributed by atoms with E-state index < -0.39 is 6.04 Å². The van der Waals surface area contributed by atoms with Crippen molar-refractivity contribution in [2.24, 2.45) is 5.10 Å². The van der Waals surface area contributed by atoms with Crippen LogP contribution < -0.4 is 20.0 Å². The first-order chi connectivity index (χ1) is 17.6. The number of nitrogens with zero attached hydrogens (tertiary/aromatic N) is 5. The fraction of sp³-hybridized carbons (Fsp3) is 0.444. The van der Waals surface area contributed by atoms with E-state index in [1.165, 1.54) is 6.07 Å². The van der Waals surface area contributed by atoms with Crippen LogP contribution in [0.5, 0.6) is 5.75 Å². The fourth-order valence-corrected chi connectivity index (χ4v) is 5.17. The van der Waals surface area contributed by atoms with Crippen LogP contribution in [0.4, 0.5) is 15.8 Å². The summed E-state index contributed by atoms with van der Waals surface area (Å²) in [7, 11) is 5.88. The van der Waals surface area contributed by atoms with E-state index in [0.717, 1.165) is 5.69 Å². The summed E-state index contributed by atoms with van der Waals surface area (Å²) in [5.74, 6) is 0.763. The molecule has 1 atom stereocenters. The van der Waals surface area contributed by atoms with Crippen molar-refractivity contribution < 1.29 is 18.7 Å². The number of hydrazone groups is 1. The molecule has 2 aromatic rings. The lowest BCUT2D eigenvalue weighted by Crippen LogP contribution is -2.69. The number of hydrogen-bond acceptors (Lipinski definition) is 7. The molecule has 196 valence electrons. The predicted octanol–water partition coefficient (Wildman–Crippen LogP) is 2.51. The van der Waals surface area contributed by atoms with Crippen LogP contribution >= 0.6 is 0 Å². The van der Waals surface area contributed by atoms with E-state index in [0.29, 0.717) is 54.5 Å². The molecule has 5 rings (SSSR count). The van der Waals surface area contributed by atoms with Gasteiger partial charge in [-0.05, 0) is 46.1 Å². The zero-order valence-corrected chi connectivity index (χ0v) is 21.9. The molecule has 37 heavy (non-hydrogen) atoms. The summed E-state index contributed by atoms with van der Waals surface area (Å²) in [5.41, 5.74) is 4.84. The normalized spacial score (nSPS) is 19.8. The van der Waals surface area contributed by atoms with Crippen LogP contribution in [0.25, 0.3) is 11.1 Å². The first kappa shape index (κ1) is 25.0. The molecule has 0 saturated carbocycles. The average Bonchev–Trinajstić information content (AvgIpc) is 2.86. The Morgan fingerprint density at radius 2 is 1.95 bits per heavy atom. The average molecular weight is 509 g/mol. The van der Waals surface area contributed by atoms with Gasteiger partial charge in [0.05, 0.1) is 11.2 Å². The molecule has 0 spiro atoms. The first-order valence-corrected chi connectivity index (χ1v) is 12.5. The van der Waals surface area contributed by atoms with Crippen molar-refractivity contribution in [2.45, 2.75) is 31.8 Å². The number of ether oxygens (including phenoxy) is 1. The zero-order valence-electron chi connectivity index (χ0n) is 21.9. The Morgan fingerprint density at radius 1 is 1.22 bits per heavy atom. The third-order valence-corrected chi connectivity index (χ3v) is 7.56. The number of anilines is 2. The Hall–Kier alpha value is -3.66. The Balaban J connectivity index is 1.53. The lowest BCUT2D eigenvalue weighted by Gasteiger charge is -2.54. The van der Waals surface area contributed by atoms with E-state index in [9.17, 15) is 9.59 Å². The smallest absolute Gasteiger partial charge is 0.262 e. The number of likely N-dealkylation sites (N-methyl/N-ethyl adjacent to an activating group) is 1. The van der Waals surface area contributed by atoms with Crippen LogP contribution in [0.2, 0.25) is 0 Å². The van der Waals surface area contributed by atoms with Crippen LogP contribution in [0, 0.1) is 5.82 Å². The van der Waals surface area contributed by atoms with Crippen LogP contribution in [-0.4, -0.2) is 86.4 Å². The van der Waals surface area contributed by atoms with E-state index >= 15 is 4.39 Å². The van der Waals surface area contributed by atoms with Crippen molar-refractivity contribution in [2.75, 3.05) is 57.2 Å². The highest BCUT2D eigenvalue weighted by Crippen LogP contribution is 2.46. The largest absolute Gasteiger partial charge is 0.483 e. The van der Waals surface area contributed by atoms with Crippen molar-refractivity contribution in [1.82, 2.24) is 15.2 Å². The number of nitrogens with one attached hydrogen (secondary N) is 1. The molecule has 3 aliphatic heterocycles. The second-order valence-electron chi connectivity index (χ2n) is 10.5. The lowest BCUT2D eigenvalue weighted by molar-refractivity contribution is -0.138. The topological polar surface area (TPSA) is 80.7 Å². The van der Waals surface area contributed by atoms with Crippen LogP contribution in [0.3, 0.4) is 0 Å². The minimum Gasteiger partial charge on any atom is -0.483 e. The minimum absolute atomic E-state index is 0.127. The van der Waals surface area contributed by atoms with Gasteiger partial charge in [-0.25, -0.2) is 9.82 Å². The molecule has 1 N–H and O–H groups in total. The summed E-state index contributed by atoms with van der Waals surface area (Å²) >= 11 is 0. The zero-order chi connectivity index (χ0) is 26.5. The SMILES string of the molecule is CC1C(=O)NN=C2COc3cc(-c4ccccc4F)c(N(C)C4(C)CN(C(=O)CCN(C)C)C4)cc3N21. The van der Waals surface area contributed by atoms with Crippen molar-refractivity contribution >= 4 is 29.0 Å². The van der Waals surface area contributed by atoms with Crippen molar-refractivity contribution in [3.63, 3.8) is 0 Å². The molecule has 10 heteroatoms. The van der Waals surface area contributed by atoms with E-state index in [2.05, 4.69) is 22.4 Å². The Morgan fingerprint density at radius 3 is 2.65 bits per heavy atom. The number of carbonyl (C=O) groups excluding carboxylic acids is 2. The molecule has 9 nitrogen and oxygen atoms in total. The van der Waals surface area contributed by atoms with E-state index in [-0.39, 0.29) is 29.8 Å². The highest BCUT2D eigenvalue weighted by molar-refractivity contribution is 6.10. The third-order valence-electron chi connectivity index (χ3n) is 7.56. The van der Waals surface area contributed by atoms with Gasteiger partial charge in [-0.3, -0.25) is 9.59 Å². The number of likely N-dealkylation sites (tertiary alicyclic amines) is 1. The van der Waals surface area contributed by atoms with Crippen LogP contribution in [0.1, 0.15) is 20.3 Å². The highest BCUT2D eigenvalue weighted by Gasteiger charge is 2.45. The van der Waals surface area contributed by atoms with Gasteiger partial charge >= 0.3 is 0 Å². The number of hydrogen-bond donors (Lipinski definition) is 1. The Labute approximate surface area is 216 Å². The Bertz CT molecular complexity index is 1270. The van der Waals surface area contributed by atoms with Crippen molar-refractivity contribution in [3.05, 3.63) is 42.2 Å². The van der Waals surface area contributed by atoms with Gasteiger partial charge in [0, 0.05) is 49.9 Å². The molecule has 0 aromatic heterocycles. The number of rotatable bonds is 6. The molecule has 0 aliphatic carbocycles. The number of carbonyl (C=O) groups is 2. The maximum atomic E-state index is 15.0. The lowest BCUT2D eigenvalue weighted by atomic mass is 9.88. The predicted molar refractivity (Wildman–Crippen MR) is 141 cm³/mol. The quantitative estimate of drug-likeness (QED) is 0.646. The van der Waals surface area contributed by atoms with Gasteiger partial charge in [0.25, 0.3) is 5.91 Å². The molecule has 3 heterocycles. The highest BCUT2D eigenvalue weighted by atomic mass is 19.1. The van der Waals surface area contributed by atoms with Crippen LogP contribution in [0.15, 0.2) is 41.5 Å². The van der Waals surface area contributed by atoms with Gasteiger partial charge in [0.1, 0.15) is 24.2 Å². The van der Waals surface area contributed by atoms with Gasteiger partial charge in [-0.15, -0.1) is 0 Å². The van der Waals surface area contributed by atoms with Gasteiger partial charge in [-0.1, -0.05) is 18.2 Å². The number of halogens is 1. The number of benzene rings is 2. The second kappa shape index (κ2) is 9.33. The van der Waals surface area contributed by atoms with Gasteiger partial charge < -0.3 is 24.3 Å². The maximum Gasteiger partial charge on any atom is 0.262 e. The van der Waals surface area contributed by atoms with E-state index in [4.69, 9.17) is 4.74 Å². The molecule has 2 aromatic carbocycles. The molecular weight excluding hydrogens is 475 g/mol. The molecule has 0 radical (unpaired) electrons. The van der Waals surface area contributed by atoms with Crippen molar-refractivity contribution in [1.29, 1.82) is 0 Å². The molecule has 0 bridgehead atoms. The summed E-state index contributed by atoms with van der Waals surface area (Å²) in [6.07, 6.45) is 0.473. The van der Waals surface area contributed by atoms with E-state index in [1.54, 1.807) is 18.2 Å². The summed E-state index contributed by atoms with van der Waals surface area (Å²) in [5, 5.41) is 4.18. The summed E-state index contributed by atoms with van der Waals surface area (Å²) in [6.45, 7) is 5.96. The van der Waals surface area contributed by atoms with Gasteiger partial charge in [-0.2, -0.15) is 5.10 Å². The number of amidine groups is 1. The standard InChI is InChI=1S/C27H33FN6O3/c1-17-26(36)30-29-24-14-37-23-12-19(18-8-6-7-9-20(18)28)21(13-22(23)34(17)24)32(5)27(2)15-33(16-27)25(35)10-11-31(3)4/h6-9,12-13,17H,10-11,14-16H2,1-5H3,(H,30,36). The summed E-state index contributed by atoms with van der Waals surface area (Å²) in [4.78, 5) is 33.0. The van der Waals surface area contributed by atoms with Gasteiger partial charge in [0.15, 0.2) is 5.84 Å². The van der Waals surface area contributed by atoms with E-state index in [1.807, 2.05) is 54.9 Å². The number of fused-ring (bicyclic) bond motifs is 3. The first-order valence-electron chi connectivity index (χ1n) is 12.5. The molecule has 1 fully saturated rings. The summed E-state index contributed by atoms with van der Waals surface area (Å²) in [6, 6.07) is 9.98. The van der Waals surface area contributed by atoms with Crippen molar-refractivity contribution in [3.8, 4) is 16.9 Å². The Kier molecular flexibility index (Phi) is 6.31. The molecule has 3 aliphatic rings. The minimum atomic E-state index is -0.475. The monoisotopic (exact) mass is 508 g/mol. The molecule has 1 unspecified atom stereocenters. The molecular formula is C27H33FN6O3. The second-order valence-corrected chi connectivity index (χ2v) is 10.5. The third kappa shape index (κ3) is 4.39. The molecule has 2 amide bonds. The molecule has 1 saturated heterocycles. The maximum absolute atomic E-state index is 15.0. The number of amides is 2.